The third-order valence-electron chi connectivity index (χ3n) is 1.71. The molecule has 1 atom stereocenters. The Kier molecular flexibility index (Phi) is 5.00. The molecule has 0 heterocycles. The number of nitrogens with two attached hydrogens (primary N) is 1. The van der Waals surface area contributed by atoms with Crippen molar-refractivity contribution in [1.29, 1.82) is 0 Å². The maximum Gasteiger partial charge on any atom is 0.209 e. The van der Waals surface area contributed by atoms with Crippen LogP contribution < -0.4 is 15.8 Å². The third-order valence-corrected chi connectivity index (χ3v) is 2.63. The van der Waals surface area contributed by atoms with E-state index in [9.17, 15) is 8.42 Å². The van der Waals surface area contributed by atoms with Gasteiger partial charge in [-0.1, -0.05) is 0 Å². The molecule has 4 N–H and O–H groups in total. The molecule has 14 heavy (non-hydrogen) atoms. The molecule has 0 amide bonds. The highest BCUT2D eigenvalue weighted by Crippen LogP contribution is 2.02. The van der Waals surface area contributed by atoms with Crippen LogP contribution in [0.25, 0.3) is 0 Å². The Labute approximate surface area is 86.5 Å². The van der Waals surface area contributed by atoms with Gasteiger partial charge in [0, 0.05) is 24.7 Å². The second kappa shape index (κ2) is 5.06. The minimum atomic E-state index is -3.16. The second-order valence-corrected chi connectivity index (χ2v) is 6.02. The SMILES string of the molecule is CC(CN)NCC(C)(C)NS(C)(=O)=O. The minimum Gasteiger partial charge on any atom is -0.329 e. The molecule has 0 rings (SSSR count). The molecule has 0 aromatic carbocycles. The van der Waals surface area contributed by atoms with Crippen molar-refractivity contribution in [3.63, 3.8) is 0 Å². The zero-order valence-corrected chi connectivity index (χ0v) is 10.1. The molecule has 0 saturated heterocycles. The van der Waals surface area contributed by atoms with Gasteiger partial charge in [0.25, 0.3) is 0 Å². The smallest absolute Gasteiger partial charge is 0.209 e. The Morgan fingerprint density at radius 2 is 1.93 bits per heavy atom. The molecular weight excluding hydrogens is 202 g/mol. The zero-order valence-electron chi connectivity index (χ0n) is 9.29. The van der Waals surface area contributed by atoms with Crippen LogP contribution in [0.15, 0.2) is 0 Å². The predicted octanol–water partition coefficient (Wildman–Crippen LogP) is -0.749. The van der Waals surface area contributed by atoms with Crippen molar-refractivity contribution in [1.82, 2.24) is 10.0 Å². The van der Waals surface area contributed by atoms with Gasteiger partial charge in [-0.15, -0.1) is 0 Å². The lowest BCUT2D eigenvalue weighted by atomic mass is 10.1. The van der Waals surface area contributed by atoms with Gasteiger partial charge in [0.05, 0.1) is 6.26 Å². The summed E-state index contributed by atoms with van der Waals surface area (Å²) in [5.74, 6) is 0. The summed E-state index contributed by atoms with van der Waals surface area (Å²) < 4.78 is 24.5. The van der Waals surface area contributed by atoms with E-state index in [0.29, 0.717) is 13.1 Å². The summed E-state index contributed by atoms with van der Waals surface area (Å²) in [7, 11) is -3.16. The molecular formula is C8H21N3O2S. The number of hydrogen-bond acceptors (Lipinski definition) is 4. The van der Waals surface area contributed by atoms with Crippen molar-refractivity contribution in [2.75, 3.05) is 19.3 Å². The average molecular weight is 223 g/mol. The predicted molar refractivity (Wildman–Crippen MR) is 58.6 cm³/mol. The summed E-state index contributed by atoms with van der Waals surface area (Å²) in [5, 5.41) is 3.14. The van der Waals surface area contributed by atoms with Crippen LogP contribution in [-0.4, -0.2) is 39.3 Å². The molecule has 5 nitrogen and oxygen atoms in total. The van der Waals surface area contributed by atoms with E-state index in [1.807, 2.05) is 20.8 Å². The van der Waals surface area contributed by atoms with Crippen molar-refractivity contribution in [2.45, 2.75) is 32.4 Å². The van der Waals surface area contributed by atoms with E-state index in [2.05, 4.69) is 10.0 Å². The molecule has 86 valence electrons. The summed E-state index contributed by atoms with van der Waals surface area (Å²) in [5.41, 5.74) is 4.94. The van der Waals surface area contributed by atoms with Gasteiger partial charge in [0.1, 0.15) is 0 Å². The van der Waals surface area contributed by atoms with E-state index in [1.165, 1.54) is 0 Å². The van der Waals surface area contributed by atoms with Crippen LogP contribution in [0.1, 0.15) is 20.8 Å². The van der Waals surface area contributed by atoms with Gasteiger partial charge in [-0.05, 0) is 20.8 Å². The summed E-state index contributed by atoms with van der Waals surface area (Å²) >= 11 is 0. The Bertz CT molecular complexity index is 262. The topological polar surface area (TPSA) is 84.2 Å². The molecule has 0 aromatic heterocycles. The molecule has 0 aromatic rings. The van der Waals surface area contributed by atoms with Crippen LogP contribution in [0.5, 0.6) is 0 Å². The number of hydrogen-bond donors (Lipinski definition) is 3. The number of rotatable bonds is 6. The summed E-state index contributed by atoms with van der Waals surface area (Å²) in [4.78, 5) is 0. The van der Waals surface area contributed by atoms with E-state index in [-0.39, 0.29) is 6.04 Å². The highest BCUT2D eigenvalue weighted by molar-refractivity contribution is 7.88. The second-order valence-electron chi connectivity index (χ2n) is 4.28. The van der Waals surface area contributed by atoms with Gasteiger partial charge in [-0.2, -0.15) is 0 Å². The van der Waals surface area contributed by atoms with Crippen LogP contribution >= 0.6 is 0 Å². The maximum absolute atomic E-state index is 11.0. The van der Waals surface area contributed by atoms with Gasteiger partial charge in [-0.3, -0.25) is 0 Å². The molecule has 0 aliphatic heterocycles. The first-order valence-electron chi connectivity index (χ1n) is 4.59. The van der Waals surface area contributed by atoms with E-state index < -0.39 is 15.6 Å². The molecule has 0 radical (unpaired) electrons. The van der Waals surface area contributed by atoms with Crippen molar-refractivity contribution in [3.8, 4) is 0 Å². The lowest BCUT2D eigenvalue weighted by molar-refractivity contribution is 0.397. The highest BCUT2D eigenvalue weighted by atomic mass is 32.2. The fraction of sp³-hybridized carbons (Fsp3) is 1.00. The van der Waals surface area contributed by atoms with Gasteiger partial charge in [0.15, 0.2) is 0 Å². The summed E-state index contributed by atoms with van der Waals surface area (Å²) in [6, 6.07) is 0.190. The highest BCUT2D eigenvalue weighted by Gasteiger charge is 2.21. The Balaban J connectivity index is 4.08. The molecule has 6 heteroatoms. The van der Waals surface area contributed by atoms with Crippen molar-refractivity contribution in [3.05, 3.63) is 0 Å². The van der Waals surface area contributed by atoms with Crippen molar-refractivity contribution in [2.24, 2.45) is 5.73 Å². The summed E-state index contributed by atoms with van der Waals surface area (Å²) in [6.45, 7) is 6.69. The lowest BCUT2D eigenvalue weighted by Crippen LogP contribution is -2.52. The quantitative estimate of drug-likeness (QED) is 0.553. The minimum absolute atomic E-state index is 0.190. The van der Waals surface area contributed by atoms with Crippen LogP contribution in [0.2, 0.25) is 0 Å². The molecule has 0 fully saturated rings. The van der Waals surface area contributed by atoms with Gasteiger partial charge >= 0.3 is 0 Å². The Hall–Kier alpha value is -0.170. The van der Waals surface area contributed by atoms with Crippen LogP contribution in [0.4, 0.5) is 0 Å². The Morgan fingerprint density at radius 3 is 2.29 bits per heavy atom. The van der Waals surface area contributed by atoms with Crippen LogP contribution in [0, 0.1) is 0 Å². The van der Waals surface area contributed by atoms with E-state index in [0.717, 1.165) is 6.26 Å². The fourth-order valence-electron chi connectivity index (χ4n) is 1.05. The van der Waals surface area contributed by atoms with Crippen LogP contribution in [0.3, 0.4) is 0 Å². The standard InChI is InChI=1S/C8H21N3O2S/c1-7(5-9)10-6-8(2,3)11-14(4,12)13/h7,10-11H,5-6,9H2,1-4H3. The monoisotopic (exact) mass is 223 g/mol. The molecule has 1 unspecified atom stereocenters. The fourth-order valence-corrected chi connectivity index (χ4v) is 2.13. The van der Waals surface area contributed by atoms with Crippen LogP contribution in [-0.2, 0) is 10.0 Å². The molecule has 0 saturated carbocycles. The van der Waals surface area contributed by atoms with E-state index >= 15 is 0 Å². The number of sulfonamides is 1. The Morgan fingerprint density at radius 1 is 1.43 bits per heavy atom. The third kappa shape index (κ3) is 7.25. The van der Waals surface area contributed by atoms with Gasteiger partial charge < -0.3 is 11.1 Å². The molecule has 0 aliphatic rings. The average Bonchev–Trinajstić information content (AvgIpc) is 1.96. The lowest BCUT2D eigenvalue weighted by Gasteiger charge is -2.27. The van der Waals surface area contributed by atoms with Gasteiger partial charge in [-0.25, -0.2) is 13.1 Å². The summed E-state index contributed by atoms with van der Waals surface area (Å²) in [6.07, 6.45) is 1.15. The van der Waals surface area contributed by atoms with Crippen molar-refractivity contribution < 1.29 is 8.42 Å². The molecule has 0 aliphatic carbocycles. The van der Waals surface area contributed by atoms with Gasteiger partial charge in [0.2, 0.25) is 10.0 Å². The van der Waals surface area contributed by atoms with Crippen molar-refractivity contribution >= 4 is 10.0 Å². The first kappa shape index (κ1) is 13.8. The molecule has 0 spiro atoms. The zero-order chi connectivity index (χ0) is 11.4. The van der Waals surface area contributed by atoms with E-state index in [1.54, 1.807) is 0 Å². The normalized spacial score (nSPS) is 15.5. The maximum atomic E-state index is 11.0. The first-order chi connectivity index (χ1) is 6.16. The first-order valence-corrected chi connectivity index (χ1v) is 6.48. The number of nitrogens with one attached hydrogen (secondary N) is 2. The molecule has 0 bridgehead atoms. The largest absolute Gasteiger partial charge is 0.329 e. The van der Waals surface area contributed by atoms with E-state index in [4.69, 9.17) is 5.73 Å².